The molecule has 0 spiro atoms. The van der Waals surface area contributed by atoms with Gasteiger partial charge in [0.15, 0.2) is 5.78 Å². The van der Waals surface area contributed by atoms with Gasteiger partial charge in [0, 0.05) is 9.85 Å². The molecule has 0 radical (unpaired) electrons. The molecule has 16 heavy (non-hydrogen) atoms. The topological polar surface area (TPSA) is 37.3 Å². The molecule has 1 heterocycles. The Kier molecular flexibility index (Phi) is 3.12. The van der Waals surface area contributed by atoms with Gasteiger partial charge in [0.1, 0.15) is 5.75 Å². The van der Waals surface area contributed by atoms with E-state index >= 15 is 0 Å². The second kappa shape index (κ2) is 4.39. The lowest BCUT2D eigenvalue weighted by molar-refractivity contribution is 0.101. The molecule has 82 valence electrons. The van der Waals surface area contributed by atoms with Crippen molar-refractivity contribution in [3.63, 3.8) is 0 Å². The highest BCUT2D eigenvalue weighted by molar-refractivity contribution is 9.10. The van der Waals surface area contributed by atoms with E-state index in [9.17, 15) is 9.90 Å². The fourth-order valence-electron chi connectivity index (χ4n) is 1.41. The van der Waals surface area contributed by atoms with Crippen molar-refractivity contribution >= 4 is 33.0 Å². The van der Waals surface area contributed by atoms with E-state index in [0.29, 0.717) is 5.56 Å². The van der Waals surface area contributed by atoms with Gasteiger partial charge in [0.2, 0.25) is 0 Å². The number of hydrogen-bond acceptors (Lipinski definition) is 3. The molecule has 0 atom stereocenters. The number of Topliss-reactive ketones (excluding diaryl/α,β-unsaturated/α-hetero) is 1. The van der Waals surface area contributed by atoms with Crippen LogP contribution in [0.2, 0.25) is 0 Å². The van der Waals surface area contributed by atoms with E-state index in [-0.39, 0.29) is 11.5 Å². The maximum absolute atomic E-state index is 11.2. The Balaban J connectivity index is 2.49. The molecule has 0 saturated heterocycles. The largest absolute Gasteiger partial charge is 0.506 e. The Morgan fingerprint density at radius 2 is 1.94 bits per heavy atom. The number of rotatable bonds is 2. The molecule has 0 aliphatic rings. The Bertz CT molecular complexity index is 528. The number of carbonyl (C=O) groups is 1. The zero-order valence-corrected chi connectivity index (χ0v) is 10.9. The average molecular weight is 297 g/mol. The maximum Gasteiger partial charge on any atom is 0.164 e. The Morgan fingerprint density at radius 3 is 2.44 bits per heavy atom. The second-order valence-electron chi connectivity index (χ2n) is 3.39. The highest BCUT2D eigenvalue weighted by Crippen LogP contribution is 2.38. The van der Waals surface area contributed by atoms with E-state index in [1.54, 1.807) is 5.38 Å². The first kappa shape index (κ1) is 11.4. The zero-order chi connectivity index (χ0) is 11.7. The van der Waals surface area contributed by atoms with Crippen LogP contribution in [0.25, 0.3) is 10.4 Å². The molecule has 2 aromatic rings. The van der Waals surface area contributed by atoms with Crippen LogP contribution >= 0.6 is 27.3 Å². The lowest BCUT2D eigenvalue weighted by Crippen LogP contribution is -1.88. The van der Waals surface area contributed by atoms with Gasteiger partial charge in [-0.05, 0) is 24.6 Å². The summed E-state index contributed by atoms with van der Waals surface area (Å²) in [4.78, 5) is 11.9. The van der Waals surface area contributed by atoms with Crippen LogP contribution < -0.4 is 0 Å². The molecule has 0 amide bonds. The van der Waals surface area contributed by atoms with Crippen LogP contribution in [0, 0.1) is 0 Å². The third-order valence-electron chi connectivity index (χ3n) is 2.25. The minimum absolute atomic E-state index is 0.0832. The number of aromatic hydroxyl groups is 1. The first-order valence-corrected chi connectivity index (χ1v) is 6.34. The van der Waals surface area contributed by atoms with Crippen molar-refractivity contribution in [3.8, 4) is 16.2 Å². The highest BCUT2D eigenvalue weighted by atomic mass is 79.9. The van der Waals surface area contributed by atoms with Gasteiger partial charge < -0.3 is 5.11 Å². The summed E-state index contributed by atoms with van der Waals surface area (Å²) >= 11 is 4.73. The van der Waals surface area contributed by atoms with Crippen molar-refractivity contribution in [2.75, 3.05) is 0 Å². The van der Waals surface area contributed by atoms with Gasteiger partial charge in [-0.3, -0.25) is 4.79 Å². The number of halogens is 1. The monoisotopic (exact) mass is 296 g/mol. The molecule has 1 aromatic heterocycles. The number of thiophene rings is 1. The third kappa shape index (κ3) is 2.03. The molecule has 0 fully saturated rings. The summed E-state index contributed by atoms with van der Waals surface area (Å²) in [5.41, 5.74) is 1.31. The molecule has 1 aromatic carbocycles. The van der Waals surface area contributed by atoms with Crippen LogP contribution in [0.1, 0.15) is 17.3 Å². The van der Waals surface area contributed by atoms with Gasteiger partial charge in [0.25, 0.3) is 0 Å². The van der Waals surface area contributed by atoms with Gasteiger partial charge in [-0.1, -0.05) is 28.1 Å². The van der Waals surface area contributed by atoms with Crippen molar-refractivity contribution in [2.45, 2.75) is 6.92 Å². The van der Waals surface area contributed by atoms with E-state index in [2.05, 4.69) is 15.9 Å². The summed E-state index contributed by atoms with van der Waals surface area (Å²) in [5.74, 6) is -0.0306. The normalized spacial score (nSPS) is 10.4. The summed E-state index contributed by atoms with van der Waals surface area (Å²) in [6.07, 6.45) is 0. The van der Waals surface area contributed by atoms with Gasteiger partial charge in [-0.25, -0.2) is 0 Å². The van der Waals surface area contributed by atoms with E-state index in [0.717, 1.165) is 14.9 Å². The molecule has 1 N–H and O–H groups in total. The Hall–Kier alpha value is -1.13. The Morgan fingerprint density at radius 1 is 1.31 bits per heavy atom. The molecule has 4 heteroatoms. The molecular formula is C12H9BrO2S. The fraction of sp³-hybridized carbons (Fsp3) is 0.0833. The predicted octanol–water partition coefficient (Wildman–Crippen LogP) is 4.09. The number of ketones is 1. The molecule has 0 saturated carbocycles. The molecule has 0 unspecified atom stereocenters. The fourth-order valence-corrected chi connectivity index (χ4v) is 2.68. The highest BCUT2D eigenvalue weighted by Gasteiger charge is 2.14. The van der Waals surface area contributed by atoms with Gasteiger partial charge in [-0.15, -0.1) is 11.3 Å². The average Bonchev–Trinajstić information content (AvgIpc) is 2.61. The molecule has 0 bridgehead atoms. The number of benzene rings is 1. The lowest BCUT2D eigenvalue weighted by atomic mass is 10.1. The van der Waals surface area contributed by atoms with Gasteiger partial charge in [-0.2, -0.15) is 0 Å². The van der Waals surface area contributed by atoms with E-state index in [1.807, 2.05) is 24.3 Å². The van der Waals surface area contributed by atoms with Crippen molar-refractivity contribution in [3.05, 3.63) is 39.7 Å². The molecule has 2 nitrogen and oxygen atoms in total. The summed E-state index contributed by atoms with van der Waals surface area (Å²) in [6.45, 7) is 1.45. The number of carbonyl (C=O) groups excluding carboxylic acids is 1. The summed E-state index contributed by atoms with van der Waals surface area (Å²) in [5, 5.41) is 11.6. The Labute approximate surface area is 106 Å². The first-order chi connectivity index (χ1) is 7.59. The molecule has 0 aliphatic carbocycles. The first-order valence-electron chi connectivity index (χ1n) is 4.67. The van der Waals surface area contributed by atoms with Gasteiger partial charge >= 0.3 is 0 Å². The molecular weight excluding hydrogens is 288 g/mol. The standard InChI is InChI=1S/C12H9BrO2S/c1-7(14)10-6-16-12(11(10)15)8-2-4-9(13)5-3-8/h2-6,15H,1H3. The predicted molar refractivity (Wildman–Crippen MR) is 69.1 cm³/mol. The van der Waals surface area contributed by atoms with Crippen LogP contribution in [0.4, 0.5) is 0 Å². The minimum Gasteiger partial charge on any atom is -0.506 e. The number of hydrogen-bond donors (Lipinski definition) is 1. The minimum atomic E-state index is -0.114. The SMILES string of the molecule is CC(=O)c1csc(-c2ccc(Br)cc2)c1O. The van der Waals surface area contributed by atoms with E-state index < -0.39 is 0 Å². The zero-order valence-electron chi connectivity index (χ0n) is 8.53. The summed E-state index contributed by atoms with van der Waals surface area (Å²) in [6, 6.07) is 7.61. The van der Waals surface area contributed by atoms with Crippen molar-refractivity contribution in [1.29, 1.82) is 0 Å². The quantitative estimate of drug-likeness (QED) is 0.848. The maximum atomic E-state index is 11.2. The van der Waals surface area contributed by atoms with Gasteiger partial charge in [0.05, 0.1) is 10.4 Å². The second-order valence-corrected chi connectivity index (χ2v) is 5.19. The smallest absolute Gasteiger partial charge is 0.164 e. The van der Waals surface area contributed by atoms with Crippen LogP contribution in [0.15, 0.2) is 34.1 Å². The third-order valence-corrected chi connectivity index (χ3v) is 3.80. The van der Waals surface area contributed by atoms with Crippen molar-refractivity contribution < 1.29 is 9.90 Å². The van der Waals surface area contributed by atoms with Crippen molar-refractivity contribution in [1.82, 2.24) is 0 Å². The lowest BCUT2D eigenvalue weighted by Gasteiger charge is -1.99. The summed E-state index contributed by atoms with van der Waals surface area (Å²) in [7, 11) is 0. The van der Waals surface area contributed by atoms with Crippen LogP contribution in [0.5, 0.6) is 5.75 Å². The van der Waals surface area contributed by atoms with Crippen LogP contribution in [-0.4, -0.2) is 10.9 Å². The molecule has 0 aliphatic heterocycles. The summed E-state index contributed by atoms with van der Waals surface area (Å²) < 4.78 is 0.985. The molecule has 2 rings (SSSR count). The van der Waals surface area contributed by atoms with E-state index in [1.165, 1.54) is 18.3 Å². The van der Waals surface area contributed by atoms with Crippen LogP contribution in [-0.2, 0) is 0 Å². The van der Waals surface area contributed by atoms with E-state index in [4.69, 9.17) is 0 Å². The van der Waals surface area contributed by atoms with Crippen LogP contribution in [0.3, 0.4) is 0 Å². The van der Waals surface area contributed by atoms with Crippen molar-refractivity contribution in [2.24, 2.45) is 0 Å².